The Labute approximate surface area is 159 Å². The highest BCUT2D eigenvalue weighted by Gasteiger charge is 2.56. The molecule has 0 aliphatic heterocycles. The molecule has 6 atom stereocenters. The van der Waals surface area contributed by atoms with E-state index in [1.807, 2.05) is 13.3 Å². The van der Waals surface area contributed by atoms with Crippen molar-refractivity contribution < 1.29 is 5.11 Å². The van der Waals surface area contributed by atoms with Gasteiger partial charge < -0.3 is 5.11 Å². The summed E-state index contributed by atoms with van der Waals surface area (Å²) in [6, 6.07) is 0. The second-order valence-electron chi connectivity index (χ2n) is 9.60. The molecule has 0 radical (unpaired) electrons. The van der Waals surface area contributed by atoms with Crippen molar-refractivity contribution in [3.63, 3.8) is 0 Å². The normalized spacial score (nSPS) is 45.7. The highest BCUT2D eigenvalue weighted by Crippen LogP contribution is 2.65. The van der Waals surface area contributed by atoms with Crippen LogP contribution in [0, 0.1) is 28.6 Å². The molecule has 1 N–H and O–H groups in total. The minimum atomic E-state index is -0.106. The summed E-state index contributed by atoms with van der Waals surface area (Å²) in [6.45, 7) is 7.17. The van der Waals surface area contributed by atoms with E-state index in [1.54, 1.807) is 11.1 Å². The molecule has 0 aromatic heterocycles. The van der Waals surface area contributed by atoms with Gasteiger partial charge in [0.2, 0.25) is 0 Å². The molecule has 2 fully saturated rings. The molecule has 2 saturated carbocycles. The van der Waals surface area contributed by atoms with Gasteiger partial charge in [0, 0.05) is 13.3 Å². The standard InChI is InChI=1S/C24H35NO/c1-5-16(15-25-4)20-8-9-21-19-7-6-17-14-18(26)10-12-23(17,2)22(19)11-13-24(20,21)3/h5-6,8,15,18-19,21-22,26H,7,9-14H2,1-4H3/b16-5+,25-15-/t18-,19?,21?,22?,23-,24+/m0/s1. The van der Waals surface area contributed by atoms with Crippen molar-refractivity contribution in [2.24, 2.45) is 33.6 Å². The Morgan fingerprint density at radius 3 is 2.62 bits per heavy atom. The van der Waals surface area contributed by atoms with Gasteiger partial charge in [-0.15, -0.1) is 0 Å². The first-order chi connectivity index (χ1) is 12.4. The third-order valence-corrected chi connectivity index (χ3v) is 8.55. The summed E-state index contributed by atoms with van der Waals surface area (Å²) in [6.07, 6.45) is 17.4. The molecule has 4 aliphatic rings. The lowest BCUT2D eigenvalue weighted by atomic mass is 9.47. The van der Waals surface area contributed by atoms with Gasteiger partial charge in [-0.25, -0.2) is 0 Å². The van der Waals surface area contributed by atoms with Gasteiger partial charge >= 0.3 is 0 Å². The molecule has 2 nitrogen and oxygen atoms in total. The zero-order chi connectivity index (χ0) is 18.5. The van der Waals surface area contributed by atoms with Crippen molar-refractivity contribution in [2.45, 2.75) is 71.8 Å². The van der Waals surface area contributed by atoms with Gasteiger partial charge in [0.05, 0.1) is 6.10 Å². The average Bonchev–Trinajstić information content (AvgIpc) is 2.97. The molecule has 26 heavy (non-hydrogen) atoms. The van der Waals surface area contributed by atoms with Crippen LogP contribution in [-0.2, 0) is 0 Å². The monoisotopic (exact) mass is 353 g/mol. The lowest BCUT2D eigenvalue weighted by Gasteiger charge is -2.57. The zero-order valence-electron chi connectivity index (χ0n) is 17.0. The molecule has 2 heteroatoms. The average molecular weight is 354 g/mol. The molecule has 3 unspecified atom stereocenters. The summed E-state index contributed by atoms with van der Waals surface area (Å²) < 4.78 is 0. The molecule has 4 rings (SSSR count). The fraction of sp³-hybridized carbons (Fsp3) is 0.708. The van der Waals surface area contributed by atoms with E-state index in [4.69, 9.17) is 0 Å². The predicted molar refractivity (Wildman–Crippen MR) is 109 cm³/mol. The van der Waals surface area contributed by atoms with Crippen molar-refractivity contribution >= 4 is 6.21 Å². The fourth-order valence-electron chi connectivity index (χ4n) is 7.10. The fourth-order valence-corrected chi connectivity index (χ4v) is 7.10. The Hall–Kier alpha value is -1.15. The third-order valence-electron chi connectivity index (χ3n) is 8.55. The molecule has 0 aromatic carbocycles. The summed E-state index contributed by atoms with van der Waals surface area (Å²) in [5, 5.41) is 10.2. The number of allylic oxidation sites excluding steroid dienone is 5. The van der Waals surface area contributed by atoms with E-state index in [1.165, 1.54) is 37.7 Å². The Balaban J connectivity index is 1.65. The first-order valence-corrected chi connectivity index (χ1v) is 10.6. The first-order valence-electron chi connectivity index (χ1n) is 10.6. The molecule has 0 aromatic rings. The van der Waals surface area contributed by atoms with Gasteiger partial charge in [-0.05, 0) is 91.6 Å². The Morgan fingerprint density at radius 2 is 1.88 bits per heavy atom. The molecule has 0 bridgehead atoms. The molecular formula is C24H35NO. The maximum atomic E-state index is 10.2. The maximum Gasteiger partial charge on any atom is 0.0577 e. The Bertz CT molecular complexity index is 699. The van der Waals surface area contributed by atoms with Crippen molar-refractivity contribution in [3.8, 4) is 0 Å². The van der Waals surface area contributed by atoms with Gasteiger partial charge in [0.25, 0.3) is 0 Å². The molecule has 0 saturated heterocycles. The number of aliphatic hydroxyl groups excluding tert-OH is 1. The minimum Gasteiger partial charge on any atom is -0.393 e. The van der Waals surface area contributed by atoms with E-state index in [9.17, 15) is 5.11 Å². The summed E-state index contributed by atoms with van der Waals surface area (Å²) >= 11 is 0. The number of aliphatic imine (C=N–C) groups is 1. The number of hydrogen-bond acceptors (Lipinski definition) is 2. The summed E-state index contributed by atoms with van der Waals surface area (Å²) in [7, 11) is 1.88. The topological polar surface area (TPSA) is 32.6 Å². The summed E-state index contributed by atoms with van der Waals surface area (Å²) in [5.41, 5.74) is 5.09. The van der Waals surface area contributed by atoms with Gasteiger partial charge in [-0.2, -0.15) is 0 Å². The highest BCUT2D eigenvalue weighted by molar-refractivity contribution is 5.85. The van der Waals surface area contributed by atoms with E-state index < -0.39 is 0 Å². The molecular weight excluding hydrogens is 318 g/mol. The second-order valence-corrected chi connectivity index (χ2v) is 9.60. The molecule has 0 heterocycles. The van der Waals surface area contributed by atoms with Gasteiger partial charge in [-0.3, -0.25) is 4.99 Å². The van der Waals surface area contributed by atoms with E-state index in [0.29, 0.717) is 10.8 Å². The largest absolute Gasteiger partial charge is 0.393 e. The van der Waals surface area contributed by atoms with Crippen LogP contribution in [0.4, 0.5) is 0 Å². The lowest BCUT2D eigenvalue weighted by molar-refractivity contribution is -0.0286. The van der Waals surface area contributed by atoms with Crippen molar-refractivity contribution in [1.29, 1.82) is 0 Å². The van der Waals surface area contributed by atoms with Gasteiger partial charge in [0.15, 0.2) is 0 Å². The van der Waals surface area contributed by atoms with Crippen LogP contribution in [0.1, 0.15) is 65.7 Å². The van der Waals surface area contributed by atoms with Gasteiger partial charge in [0.1, 0.15) is 0 Å². The van der Waals surface area contributed by atoms with Crippen LogP contribution < -0.4 is 0 Å². The van der Waals surface area contributed by atoms with E-state index in [2.05, 4.69) is 44.0 Å². The quantitative estimate of drug-likeness (QED) is 0.516. The smallest absolute Gasteiger partial charge is 0.0577 e. The van der Waals surface area contributed by atoms with Crippen LogP contribution in [0.25, 0.3) is 0 Å². The minimum absolute atomic E-state index is 0.106. The van der Waals surface area contributed by atoms with Crippen LogP contribution in [-0.4, -0.2) is 24.5 Å². The molecule has 4 aliphatic carbocycles. The van der Waals surface area contributed by atoms with Gasteiger partial charge in [-0.1, -0.05) is 37.6 Å². The number of rotatable bonds is 2. The SMILES string of the molecule is C/C=C(\C=N/C)C1=CCC2C3CC=C4C[C@@H](O)CC[C@]4(C)C3CC[C@]12C. The highest BCUT2D eigenvalue weighted by atomic mass is 16.3. The number of aliphatic hydroxyl groups is 1. The summed E-state index contributed by atoms with van der Waals surface area (Å²) in [4.78, 5) is 4.31. The van der Waals surface area contributed by atoms with Crippen LogP contribution in [0.5, 0.6) is 0 Å². The number of fused-ring (bicyclic) bond motifs is 5. The number of nitrogens with zero attached hydrogens (tertiary/aromatic N) is 1. The van der Waals surface area contributed by atoms with Crippen LogP contribution in [0.2, 0.25) is 0 Å². The molecule has 0 spiro atoms. The Kier molecular flexibility index (Phi) is 4.54. The van der Waals surface area contributed by atoms with Crippen LogP contribution in [0.15, 0.2) is 39.9 Å². The predicted octanol–water partition coefficient (Wildman–Crippen LogP) is 5.49. The van der Waals surface area contributed by atoms with Crippen molar-refractivity contribution in [1.82, 2.24) is 0 Å². The van der Waals surface area contributed by atoms with E-state index in [0.717, 1.165) is 30.6 Å². The van der Waals surface area contributed by atoms with Crippen LogP contribution in [0.3, 0.4) is 0 Å². The second kappa shape index (κ2) is 6.48. The Morgan fingerprint density at radius 1 is 1.12 bits per heavy atom. The van der Waals surface area contributed by atoms with Crippen molar-refractivity contribution in [3.05, 3.63) is 34.9 Å². The van der Waals surface area contributed by atoms with Crippen LogP contribution >= 0.6 is 0 Å². The van der Waals surface area contributed by atoms with Crippen molar-refractivity contribution in [2.75, 3.05) is 7.05 Å². The zero-order valence-corrected chi connectivity index (χ0v) is 17.0. The maximum absolute atomic E-state index is 10.2. The molecule has 0 amide bonds. The first kappa shape index (κ1) is 18.2. The lowest BCUT2D eigenvalue weighted by Crippen LogP contribution is -2.50. The molecule has 142 valence electrons. The van der Waals surface area contributed by atoms with E-state index >= 15 is 0 Å². The number of hydrogen-bond donors (Lipinski definition) is 1. The summed E-state index contributed by atoms with van der Waals surface area (Å²) in [5.74, 6) is 2.36. The third kappa shape index (κ3) is 2.52. The van der Waals surface area contributed by atoms with E-state index in [-0.39, 0.29) is 6.10 Å².